The van der Waals surface area contributed by atoms with Crippen LogP contribution in [0.5, 0.6) is 0 Å². The maximum atomic E-state index is 14.1. The number of aromatic nitrogens is 3. The van der Waals surface area contributed by atoms with Crippen LogP contribution in [0.15, 0.2) is 18.6 Å². The number of carbonyl (C=O) groups excluding carboxylic acids is 1. The monoisotopic (exact) mass is 348 g/mol. The predicted molar refractivity (Wildman–Crippen MR) is 87.1 cm³/mol. The normalized spacial score (nSPS) is 18.6. The number of likely N-dealkylation sites (tertiary alicyclic amines) is 1. The molecule has 3 heterocycles. The van der Waals surface area contributed by atoms with E-state index >= 15 is 0 Å². The van der Waals surface area contributed by atoms with Crippen molar-refractivity contribution >= 4 is 22.8 Å². The van der Waals surface area contributed by atoms with Gasteiger partial charge in [-0.05, 0) is 12.5 Å². The first-order chi connectivity index (χ1) is 12.0. The second-order valence-corrected chi connectivity index (χ2v) is 6.02. The lowest BCUT2D eigenvalue weighted by Crippen LogP contribution is -2.70. The van der Waals surface area contributed by atoms with Gasteiger partial charge >= 0.3 is 0 Å². The molecule has 1 aliphatic heterocycles. The van der Waals surface area contributed by atoms with Gasteiger partial charge in [0.05, 0.1) is 18.0 Å². The van der Waals surface area contributed by atoms with Crippen molar-refractivity contribution in [2.24, 2.45) is 0 Å². The van der Waals surface area contributed by atoms with Crippen LogP contribution in [0.2, 0.25) is 0 Å². The van der Waals surface area contributed by atoms with Gasteiger partial charge in [-0.25, -0.2) is 18.7 Å². The molecule has 1 N–H and O–H groups in total. The van der Waals surface area contributed by atoms with Crippen molar-refractivity contribution in [1.29, 1.82) is 5.26 Å². The highest BCUT2D eigenvalue weighted by Gasteiger charge is 2.56. The fourth-order valence-corrected chi connectivity index (χ4v) is 3.09. The van der Waals surface area contributed by atoms with E-state index in [4.69, 9.17) is 5.26 Å². The Morgan fingerprint density at radius 3 is 3.04 bits per heavy atom. The van der Waals surface area contributed by atoms with Gasteiger partial charge in [-0.2, -0.15) is 5.26 Å². The molecule has 1 aliphatic rings. The number of anilines is 1. The molecule has 1 amide bonds. The number of fused-ring (bicyclic) bond motifs is 1. The summed E-state index contributed by atoms with van der Waals surface area (Å²) in [6.07, 6.45) is 3.44. The number of hydrogen-bond acceptors (Lipinski definition) is 5. The van der Waals surface area contributed by atoms with E-state index in [1.165, 1.54) is 6.33 Å². The summed E-state index contributed by atoms with van der Waals surface area (Å²) in [6, 6.07) is 2.26. The predicted octanol–water partition coefficient (Wildman–Crippen LogP) is 1.93. The van der Waals surface area contributed by atoms with Crippen LogP contribution in [0, 0.1) is 11.3 Å². The SMILES string of the molecule is CCCN(C[C@H]1N(C(=O)CC#N)CC1(F)F)c1ncnc2[nH]ccc12. The molecule has 0 bridgehead atoms. The second kappa shape index (κ2) is 6.63. The van der Waals surface area contributed by atoms with Gasteiger partial charge in [0.1, 0.15) is 30.3 Å². The molecule has 1 fully saturated rings. The van der Waals surface area contributed by atoms with Crippen molar-refractivity contribution < 1.29 is 13.6 Å². The highest BCUT2D eigenvalue weighted by molar-refractivity contribution is 5.87. The molecule has 1 atom stereocenters. The molecule has 2 aromatic rings. The first-order valence-electron chi connectivity index (χ1n) is 8.05. The first kappa shape index (κ1) is 17.1. The Morgan fingerprint density at radius 2 is 2.36 bits per heavy atom. The Kier molecular flexibility index (Phi) is 4.53. The van der Waals surface area contributed by atoms with Crippen molar-refractivity contribution in [3.63, 3.8) is 0 Å². The number of carbonyl (C=O) groups is 1. The average molecular weight is 348 g/mol. The molecule has 0 spiro atoms. The number of alkyl halides is 2. The van der Waals surface area contributed by atoms with Crippen LogP contribution < -0.4 is 4.90 Å². The number of nitriles is 1. The minimum absolute atomic E-state index is 0.0463. The van der Waals surface area contributed by atoms with Gasteiger partial charge in [0, 0.05) is 19.3 Å². The van der Waals surface area contributed by atoms with Crippen molar-refractivity contribution in [2.45, 2.75) is 31.7 Å². The van der Waals surface area contributed by atoms with Crippen LogP contribution in [0.3, 0.4) is 0 Å². The van der Waals surface area contributed by atoms with Crippen LogP contribution in [0.4, 0.5) is 14.6 Å². The van der Waals surface area contributed by atoms with E-state index in [-0.39, 0.29) is 6.54 Å². The third kappa shape index (κ3) is 3.12. The van der Waals surface area contributed by atoms with E-state index < -0.39 is 30.8 Å². The number of H-pyrrole nitrogens is 1. The van der Waals surface area contributed by atoms with Crippen LogP contribution in [-0.4, -0.2) is 57.4 Å². The molecule has 0 radical (unpaired) electrons. The van der Waals surface area contributed by atoms with Gasteiger partial charge in [-0.15, -0.1) is 0 Å². The Hall–Kier alpha value is -2.76. The number of rotatable bonds is 6. The van der Waals surface area contributed by atoms with Crippen molar-refractivity contribution in [3.05, 3.63) is 18.6 Å². The zero-order valence-electron chi connectivity index (χ0n) is 13.7. The number of amides is 1. The van der Waals surface area contributed by atoms with E-state index in [0.29, 0.717) is 18.0 Å². The number of hydrogen-bond donors (Lipinski definition) is 1. The lowest BCUT2D eigenvalue weighted by Gasteiger charge is -2.49. The van der Waals surface area contributed by atoms with Gasteiger partial charge in [0.2, 0.25) is 5.91 Å². The zero-order valence-corrected chi connectivity index (χ0v) is 13.7. The maximum Gasteiger partial charge on any atom is 0.286 e. The third-order valence-electron chi connectivity index (χ3n) is 4.31. The quantitative estimate of drug-likeness (QED) is 0.862. The summed E-state index contributed by atoms with van der Waals surface area (Å²) >= 11 is 0. The largest absolute Gasteiger partial charge is 0.354 e. The lowest BCUT2D eigenvalue weighted by molar-refractivity contribution is -0.191. The Bertz CT molecular complexity index is 814. The molecule has 2 aromatic heterocycles. The Labute approximate surface area is 143 Å². The highest BCUT2D eigenvalue weighted by Crippen LogP contribution is 2.37. The Morgan fingerprint density at radius 1 is 1.56 bits per heavy atom. The molecular weight excluding hydrogens is 330 g/mol. The van der Waals surface area contributed by atoms with Gasteiger partial charge in [0.15, 0.2) is 0 Å². The van der Waals surface area contributed by atoms with Gasteiger partial charge in [0.25, 0.3) is 5.92 Å². The molecule has 25 heavy (non-hydrogen) atoms. The lowest BCUT2D eigenvalue weighted by atomic mass is 9.96. The van der Waals surface area contributed by atoms with E-state index in [1.807, 2.05) is 6.92 Å². The number of halogens is 2. The number of nitrogens with one attached hydrogen (secondary N) is 1. The molecule has 0 aromatic carbocycles. The smallest absolute Gasteiger partial charge is 0.286 e. The fourth-order valence-electron chi connectivity index (χ4n) is 3.09. The average Bonchev–Trinajstić information content (AvgIpc) is 3.05. The zero-order chi connectivity index (χ0) is 18.0. The van der Waals surface area contributed by atoms with Crippen molar-refractivity contribution in [1.82, 2.24) is 19.9 Å². The van der Waals surface area contributed by atoms with Crippen LogP contribution in [-0.2, 0) is 4.79 Å². The topological polar surface area (TPSA) is 88.9 Å². The molecule has 132 valence electrons. The van der Waals surface area contributed by atoms with Crippen molar-refractivity contribution in [2.75, 3.05) is 24.5 Å². The molecule has 9 heteroatoms. The summed E-state index contributed by atoms with van der Waals surface area (Å²) in [6.45, 7) is 1.78. The maximum absolute atomic E-state index is 14.1. The van der Waals surface area contributed by atoms with Gasteiger partial charge in [-0.3, -0.25) is 4.79 Å². The molecule has 7 nitrogen and oxygen atoms in total. The molecular formula is C16H18F2N6O. The minimum atomic E-state index is -2.97. The van der Waals surface area contributed by atoms with Gasteiger partial charge < -0.3 is 14.8 Å². The standard InChI is InChI=1S/C16H18F2N6O/c1-2-7-23(15-11-4-6-20-14(11)21-10-22-15)8-12-16(17,18)9-24(12)13(25)3-5-19/h4,6,10,12H,2-3,7-9H2,1H3,(H,20,21,22)/t12-/m1/s1. The molecule has 0 aliphatic carbocycles. The first-order valence-corrected chi connectivity index (χ1v) is 8.05. The number of aromatic amines is 1. The number of nitrogens with zero attached hydrogens (tertiary/aromatic N) is 5. The summed E-state index contributed by atoms with van der Waals surface area (Å²) in [5, 5.41) is 9.39. The van der Waals surface area contributed by atoms with Crippen LogP contribution in [0.1, 0.15) is 19.8 Å². The van der Waals surface area contributed by atoms with Gasteiger partial charge in [-0.1, -0.05) is 6.92 Å². The second-order valence-electron chi connectivity index (χ2n) is 6.02. The van der Waals surface area contributed by atoms with E-state index in [9.17, 15) is 13.6 Å². The summed E-state index contributed by atoms with van der Waals surface area (Å²) < 4.78 is 28.2. The Balaban J connectivity index is 1.87. The fraction of sp³-hybridized carbons (Fsp3) is 0.500. The third-order valence-corrected chi connectivity index (χ3v) is 4.31. The van der Waals surface area contributed by atoms with Crippen molar-refractivity contribution in [3.8, 4) is 6.07 Å². The van der Waals surface area contributed by atoms with E-state index in [1.54, 1.807) is 23.2 Å². The molecule has 0 saturated carbocycles. The van der Waals surface area contributed by atoms with Crippen LogP contribution in [0.25, 0.3) is 11.0 Å². The summed E-state index contributed by atoms with van der Waals surface area (Å²) in [7, 11) is 0. The molecule has 1 saturated heterocycles. The highest BCUT2D eigenvalue weighted by atomic mass is 19.3. The summed E-state index contributed by atoms with van der Waals surface area (Å²) in [5.41, 5.74) is 0.629. The van der Waals surface area contributed by atoms with E-state index in [0.717, 1.165) is 16.7 Å². The molecule has 3 rings (SSSR count). The molecule has 0 unspecified atom stereocenters. The van der Waals surface area contributed by atoms with Crippen LogP contribution >= 0.6 is 0 Å². The minimum Gasteiger partial charge on any atom is -0.354 e. The summed E-state index contributed by atoms with van der Waals surface area (Å²) in [5.74, 6) is -2.98. The van der Waals surface area contributed by atoms with E-state index in [2.05, 4.69) is 15.0 Å². The summed E-state index contributed by atoms with van der Waals surface area (Å²) in [4.78, 5) is 26.1.